The summed E-state index contributed by atoms with van der Waals surface area (Å²) in [5, 5.41) is 16.0. The molecule has 8 nitrogen and oxygen atoms in total. The summed E-state index contributed by atoms with van der Waals surface area (Å²) in [5.41, 5.74) is 12.5. The quantitative estimate of drug-likeness (QED) is 0.557. The Morgan fingerprint density at radius 3 is 2.83 bits per heavy atom. The average molecular weight is 247 g/mol. The van der Waals surface area contributed by atoms with Crippen LogP contribution in [0.1, 0.15) is 29.1 Å². The Morgan fingerprint density at radius 1 is 1.44 bits per heavy atom. The Balaban J connectivity index is 2.12. The van der Waals surface area contributed by atoms with E-state index in [0.29, 0.717) is 22.8 Å². The SMILES string of the molecule is CC(NC(=O)c1ccc(N)cc1N)c1nn[nH]n1. The highest BCUT2D eigenvalue weighted by atomic mass is 16.1. The van der Waals surface area contributed by atoms with Gasteiger partial charge in [-0.1, -0.05) is 5.21 Å². The molecule has 0 aliphatic carbocycles. The van der Waals surface area contributed by atoms with Gasteiger partial charge in [0.15, 0.2) is 5.82 Å². The minimum atomic E-state index is -0.367. The first kappa shape index (κ1) is 11.8. The number of nitrogens with zero attached hydrogens (tertiary/aromatic N) is 3. The van der Waals surface area contributed by atoms with Crippen LogP contribution in [0.4, 0.5) is 11.4 Å². The van der Waals surface area contributed by atoms with E-state index in [4.69, 9.17) is 11.5 Å². The molecule has 0 fully saturated rings. The molecule has 1 heterocycles. The number of H-pyrrole nitrogens is 1. The van der Waals surface area contributed by atoms with Gasteiger partial charge in [0.25, 0.3) is 5.91 Å². The number of benzene rings is 1. The van der Waals surface area contributed by atoms with E-state index in [-0.39, 0.29) is 11.9 Å². The second-order valence-corrected chi connectivity index (χ2v) is 3.81. The molecule has 0 spiro atoms. The van der Waals surface area contributed by atoms with Gasteiger partial charge in [-0.25, -0.2) is 0 Å². The van der Waals surface area contributed by atoms with Gasteiger partial charge in [-0.05, 0) is 25.1 Å². The van der Waals surface area contributed by atoms with Gasteiger partial charge in [0.05, 0.1) is 11.6 Å². The summed E-state index contributed by atoms with van der Waals surface area (Å²) in [6, 6.07) is 4.36. The number of nitrogens with two attached hydrogens (primary N) is 2. The maximum Gasteiger partial charge on any atom is 0.253 e. The fourth-order valence-corrected chi connectivity index (χ4v) is 1.48. The van der Waals surface area contributed by atoms with Crippen LogP contribution in [0.15, 0.2) is 18.2 Å². The molecule has 0 aliphatic rings. The molecule has 1 aromatic heterocycles. The van der Waals surface area contributed by atoms with Gasteiger partial charge in [-0.2, -0.15) is 5.21 Å². The predicted octanol–water partition coefficient (Wildman–Crippen LogP) is -0.145. The largest absolute Gasteiger partial charge is 0.399 e. The standard InChI is InChI=1S/C10H13N7O/c1-5(9-14-16-17-15-9)13-10(18)7-3-2-6(11)4-8(7)12/h2-5H,11-12H2,1H3,(H,13,18)(H,14,15,16,17). The van der Waals surface area contributed by atoms with E-state index in [1.807, 2.05) is 0 Å². The molecule has 18 heavy (non-hydrogen) atoms. The molecule has 94 valence electrons. The predicted molar refractivity (Wildman–Crippen MR) is 65.3 cm³/mol. The molecule has 2 rings (SSSR count). The monoisotopic (exact) mass is 247 g/mol. The number of nitrogen functional groups attached to an aromatic ring is 2. The van der Waals surface area contributed by atoms with Crippen molar-refractivity contribution in [1.29, 1.82) is 0 Å². The van der Waals surface area contributed by atoms with Gasteiger partial charge in [-0.3, -0.25) is 4.79 Å². The van der Waals surface area contributed by atoms with Crippen LogP contribution in [-0.2, 0) is 0 Å². The zero-order chi connectivity index (χ0) is 13.1. The van der Waals surface area contributed by atoms with Gasteiger partial charge < -0.3 is 16.8 Å². The van der Waals surface area contributed by atoms with Crippen molar-refractivity contribution in [2.45, 2.75) is 13.0 Å². The normalized spacial score (nSPS) is 12.1. The van der Waals surface area contributed by atoms with Gasteiger partial charge in [0.2, 0.25) is 0 Å². The fourth-order valence-electron chi connectivity index (χ4n) is 1.48. The highest BCUT2D eigenvalue weighted by Gasteiger charge is 2.16. The number of hydrogen-bond acceptors (Lipinski definition) is 6. The minimum absolute atomic E-state index is 0.315. The third-order valence-electron chi connectivity index (χ3n) is 2.42. The molecule has 6 N–H and O–H groups in total. The van der Waals surface area contributed by atoms with Crippen molar-refractivity contribution in [3.63, 3.8) is 0 Å². The van der Waals surface area contributed by atoms with Crippen LogP contribution >= 0.6 is 0 Å². The van der Waals surface area contributed by atoms with Crippen molar-refractivity contribution in [1.82, 2.24) is 25.9 Å². The Morgan fingerprint density at radius 2 is 2.22 bits per heavy atom. The molecule has 1 atom stereocenters. The van der Waals surface area contributed by atoms with Crippen molar-refractivity contribution in [3.05, 3.63) is 29.6 Å². The van der Waals surface area contributed by atoms with Crippen LogP contribution in [-0.4, -0.2) is 26.5 Å². The number of nitrogens with one attached hydrogen (secondary N) is 2. The van der Waals surface area contributed by atoms with Crippen LogP contribution in [0, 0.1) is 0 Å². The van der Waals surface area contributed by atoms with Gasteiger partial charge >= 0.3 is 0 Å². The molecule has 0 bridgehead atoms. The molecule has 1 unspecified atom stereocenters. The first-order valence-electron chi connectivity index (χ1n) is 5.27. The second-order valence-electron chi connectivity index (χ2n) is 3.81. The van der Waals surface area contributed by atoms with Crippen LogP contribution < -0.4 is 16.8 Å². The van der Waals surface area contributed by atoms with E-state index in [0.717, 1.165) is 0 Å². The summed E-state index contributed by atoms with van der Waals surface area (Å²) in [7, 11) is 0. The zero-order valence-corrected chi connectivity index (χ0v) is 9.71. The van der Waals surface area contributed by atoms with E-state index >= 15 is 0 Å². The first-order valence-corrected chi connectivity index (χ1v) is 5.27. The molecule has 0 radical (unpaired) electrons. The smallest absolute Gasteiger partial charge is 0.253 e. The molecule has 1 amide bonds. The number of amides is 1. The Bertz CT molecular complexity index is 551. The maximum absolute atomic E-state index is 12.0. The van der Waals surface area contributed by atoms with E-state index < -0.39 is 0 Å². The van der Waals surface area contributed by atoms with Crippen LogP contribution in [0.3, 0.4) is 0 Å². The molecule has 2 aromatic rings. The van der Waals surface area contributed by atoms with E-state index in [1.165, 1.54) is 6.07 Å². The second kappa shape index (κ2) is 4.70. The lowest BCUT2D eigenvalue weighted by Crippen LogP contribution is -2.28. The summed E-state index contributed by atoms with van der Waals surface area (Å²) >= 11 is 0. The van der Waals surface area contributed by atoms with E-state index in [1.54, 1.807) is 19.1 Å². The first-order chi connectivity index (χ1) is 8.58. The number of aromatic amines is 1. The highest BCUT2D eigenvalue weighted by Crippen LogP contribution is 2.16. The summed E-state index contributed by atoms with van der Waals surface area (Å²) in [5.74, 6) is 0.0853. The summed E-state index contributed by atoms with van der Waals surface area (Å²) in [6.45, 7) is 1.75. The lowest BCUT2D eigenvalue weighted by Gasteiger charge is -2.11. The molecule has 0 saturated carbocycles. The Kier molecular flexibility index (Phi) is 3.09. The lowest BCUT2D eigenvalue weighted by molar-refractivity contribution is 0.0939. The molecule has 1 aromatic carbocycles. The number of tetrazole rings is 1. The Labute approximate surface area is 103 Å². The number of aromatic nitrogens is 4. The molecular formula is C10H13N7O. The van der Waals surface area contributed by atoms with Crippen molar-refractivity contribution in [2.24, 2.45) is 0 Å². The fraction of sp³-hybridized carbons (Fsp3) is 0.200. The van der Waals surface area contributed by atoms with Gasteiger partial charge in [0.1, 0.15) is 0 Å². The van der Waals surface area contributed by atoms with E-state index in [2.05, 4.69) is 25.9 Å². The van der Waals surface area contributed by atoms with Crippen LogP contribution in [0.5, 0.6) is 0 Å². The molecule has 0 saturated heterocycles. The lowest BCUT2D eigenvalue weighted by atomic mass is 10.1. The van der Waals surface area contributed by atoms with E-state index in [9.17, 15) is 4.79 Å². The Hall–Kier alpha value is -2.64. The van der Waals surface area contributed by atoms with Crippen LogP contribution in [0.25, 0.3) is 0 Å². The summed E-state index contributed by atoms with van der Waals surface area (Å²) < 4.78 is 0. The molecule has 0 aliphatic heterocycles. The van der Waals surface area contributed by atoms with Gasteiger partial charge in [-0.15, -0.1) is 10.2 Å². The van der Waals surface area contributed by atoms with Crippen LogP contribution in [0.2, 0.25) is 0 Å². The maximum atomic E-state index is 12.0. The third-order valence-corrected chi connectivity index (χ3v) is 2.42. The topological polar surface area (TPSA) is 136 Å². The average Bonchev–Trinajstić information content (AvgIpc) is 2.81. The van der Waals surface area contributed by atoms with Crippen molar-refractivity contribution < 1.29 is 4.79 Å². The number of anilines is 2. The highest BCUT2D eigenvalue weighted by molar-refractivity contribution is 5.99. The number of carbonyl (C=O) groups is 1. The number of hydrogen-bond donors (Lipinski definition) is 4. The van der Waals surface area contributed by atoms with Crippen molar-refractivity contribution in [3.8, 4) is 0 Å². The zero-order valence-electron chi connectivity index (χ0n) is 9.71. The third kappa shape index (κ3) is 2.37. The number of rotatable bonds is 3. The molecule has 8 heteroatoms. The summed E-state index contributed by atoms with van der Waals surface area (Å²) in [4.78, 5) is 12.0. The minimum Gasteiger partial charge on any atom is -0.399 e. The van der Waals surface area contributed by atoms with Gasteiger partial charge in [0, 0.05) is 11.4 Å². The summed E-state index contributed by atoms with van der Waals surface area (Å²) in [6.07, 6.45) is 0. The van der Waals surface area contributed by atoms with Crippen molar-refractivity contribution >= 4 is 17.3 Å². The van der Waals surface area contributed by atoms with Crippen molar-refractivity contribution in [2.75, 3.05) is 11.5 Å². The number of carbonyl (C=O) groups excluding carboxylic acids is 1. The molecular weight excluding hydrogens is 234 g/mol.